The lowest BCUT2D eigenvalue weighted by atomic mass is 9.86. The van der Waals surface area contributed by atoms with Crippen molar-refractivity contribution in [2.24, 2.45) is 5.92 Å². The van der Waals surface area contributed by atoms with Crippen LogP contribution in [0, 0.1) is 12.8 Å². The lowest BCUT2D eigenvalue weighted by molar-refractivity contribution is -0.140. The molecule has 4 heterocycles. The molecule has 30 heavy (non-hydrogen) atoms. The summed E-state index contributed by atoms with van der Waals surface area (Å²) in [7, 11) is 0. The topological polar surface area (TPSA) is 68.6 Å². The fraction of sp³-hybridized carbons (Fsp3) is 0.810. The van der Waals surface area contributed by atoms with Crippen LogP contribution < -0.4 is 5.32 Å². The summed E-state index contributed by atoms with van der Waals surface area (Å²) in [6.45, 7) is 4.35. The molecular weight excluding hydrogens is 394 g/mol. The molecule has 0 aromatic carbocycles. The van der Waals surface area contributed by atoms with E-state index in [4.69, 9.17) is 9.47 Å². The second-order valence-electron chi connectivity index (χ2n) is 8.75. The highest BCUT2D eigenvalue weighted by Gasteiger charge is 2.38. The number of nitrogens with zero attached hydrogens (tertiary/aromatic N) is 3. The van der Waals surface area contributed by atoms with Crippen molar-refractivity contribution in [2.45, 2.75) is 70.1 Å². The zero-order valence-corrected chi connectivity index (χ0v) is 17.6. The predicted molar refractivity (Wildman–Crippen MR) is 108 cm³/mol. The van der Waals surface area contributed by atoms with Gasteiger partial charge >= 0.3 is 0 Å². The molecule has 168 valence electrons. The molecule has 4 rings (SSSR count). The molecule has 2 fully saturated rings. The summed E-state index contributed by atoms with van der Waals surface area (Å²) in [5.74, 6) is 0.750. The predicted octanol–water partition coefficient (Wildman–Crippen LogP) is 3.01. The van der Waals surface area contributed by atoms with Gasteiger partial charge in [0, 0.05) is 31.8 Å². The number of anilines is 1. The molecule has 3 aliphatic heterocycles. The van der Waals surface area contributed by atoms with Crippen LogP contribution in [0.4, 0.5) is 14.6 Å². The van der Waals surface area contributed by atoms with E-state index in [0.29, 0.717) is 31.9 Å². The first-order chi connectivity index (χ1) is 14.5. The normalized spacial score (nSPS) is 29.5. The Labute approximate surface area is 176 Å². The summed E-state index contributed by atoms with van der Waals surface area (Å²) in [6, 6.07) is 0.790. The van der Waals surface area contributed by atoms with Crippen LogP contribution in [0.25, 0.3) is 0 Å². The molecule has 0 spiro atoms. The number of amides is 1. The Bertz CT molecular complexity index is 723. The molecule has 2 saturated heterocycles. The number of hydrogen-bond acceptors (Lipinski definition) is 5. The van der Waals surface area contributed by atoms with E-state index in [-0.39, 0.29) is 30.6 Å². The number of rotatable bonds is 6. The summed E-state index contributed by atoms with van der Waals surface area (Å²) in [4.78, 5) is 14.5. The molecule has 0 bridgehead atoms. The molecule has 2 unspecified atom stereocenters. The van der Waals surface area contributed by atoms with Gasteiger partial charge in [-0.15, -0.1) is 0 Å². The monoisotopic (exact) mass is 426 g/mol. The fourth-order valence-electron chi connectivity index (χ4n) is 4.88. The molecule has 7 nitrogen and oxygen atoms in total. The molecular formula is C21H32F2N4O3. The average Bonchev–Trinajstić information content (AvgIpc) is 3.13. The van der Waals surface area contributed by atoms with Gasteiger partial charge in [-0.1, -0.05) is 0 Å². The summed E-state index contributed by atoms with van der Waals surface area (Å²) in [6.07, 6.45) is 2.94. The van der Waals surface area contributed by atoms with Crippen LogP contribution >= 0.6 is 0 Å². The van der Waals surface area contributed by atoms with Crippen molar-refractivity contribution in [3.8, 4) is 0 Å². The largest absolute Gasteiger partial charge is 0.376 e. The van der Waals surface area contributed by atoms with Gasteiger partial charge in [0.15, 0.2) is 0 Å². The van der Waals surface area contributed by atoms with Crippen molar-refractivity contribution in [1.29, 1.82) is 0 Å². The second kappa shape index (κ2) is 9.60. The SMILES string of the molecule is Cc1cc2n(n1)[C@@H](C(F)F)C[C@@H](C1CCCN(C(=O)COCC3CCCCO3)C1)N2. The molecule has 1 amide bonds. The van der Waals surface area contributed by atoms with E-state index in [1.165, 1.54) is 4.68 Å². The van der Waals surface area contributed by atoms with Gasteiger partial charge in [-0.05, 0) is 51.4 Å². The van der Waals surface area contributed by atoms with Crippen LogP contribution in [-0.4, -0.2) is 72.1 Å². The number of nitrogens with one attached hydrogen (secondary N) is 1. The maximum absolute atomic E-state index is 13.7. The number of likely N-dealkylation sites (tertiary alicyclic amines) is 1. The minimum Gasteiger partial charge on any atom is -0.376 e. The number of ether oxygens (including phenoxy) is 2. The Morgan fingerprint density at radius 1 is 1.37 bits per heavy atom. The van der Waals surface area contributed by atoms with E-state index in [0.717, 1.165) is 44.4 Å². The third-order valence-corrected chi connectivity index (χ3v) is 6.47. The molecule has 4 atom stereocenters. The van der Waals surface area contributed by atoms with E-state index in [9.17, 15) is 13.6 Å². The highest BCUT2D eigenvalue weighted by atomic mass is 19.3. The van der Waals surface area contributed by atoms with Gasteiger partial charge in [0.25, 0.3) is 6.43 Å². The van der Waals surface area contributed by atoms with Crippen LogP contribution in [0.2, 0.25) is 0 Å². The number of fused-ring (bicyclic) bond motifs is 1. The molecule has 1 N–H and O–H groups in total. The van der Waals surface area contributed by atoms with Gasteiger partial charge in [-0.25, -0.2) is 13.5 Å². The molecule has 0 radical (unpaired) electrons. The summed E-state index contributed by atoms with van der Waals surface area (Å²) in [5.41, 5.74) is 0.725. The first kappa shape index (κ1) is 21.5. The lowest BCUT2D eigenvalue weighted by Gasteiger charge is -2.41. The maximum atomic E-state index is 13.7. The molecule has 3 aliphatic rings. The van der Waals surface area contributed by atoms with Gasteiger partial charge in [0.2, 0.25) is 5.91 Å². The second-order valence-corrected chi connectivity index (χ2v) is 8.75. The van der Waals surface area contributed by atoms with Crippen molar-refractivity contribution in [1.82, 2.24) is 14.7 Å². The number of alkyl halides is 2. The number of aryl methyl sites for hydroxylation is 1. The van der Waals surface area contributed by atoms with E-state index in [1.807, 2.05) is 17.9 Å². The summed E-state index contributed by atoms with van der Waals surface area (Å²) in [5, 5.41) is 7.63. The highest BCUT2D eigenvalue weighted by molar-refractivity contribution is 5.77. The molecule has 9 heteroatoms. The minimum absolute atomic E-state index is 0.0300. The standard InChI is InChI=1S/C21H32F2N4O3/c1-14-9-19-24-17(10-18(21(22)23)27(19)25-14)15-5-4-7-26(11-15)20(28)13-29-12-16-6-2-3-8-30-16/h9,15-18,21,24H,2-8,10-13H2,1H3/t15?,16?,17-,18+/m0/s1. The highest BCUT2D eigenvalue weighted by Crippen LogP contribution is 2.36. The Kier molecular flexibility index (Phi) is 6.87. The average molecular weight is 427 g/mol. The van der Waals surface area contributed by atoms with Gasteiger partial charge in [0.1, 0.15) is 18.5 Å². The smallest absolute Gasteiger partial charge is 0.260 e. The Balaban J connectivity index is 1.31. The van der Waals surface area contributed by atoms with Crippen LogP contribution in [0.1, 0.15) is 50.3 Å². The van der Waals surface area contributed by atoms with Crippen LogP contribution in [0.3, 0.4) is 0 Å². The van der Waals surface area contributed by atoms with Gasteiger partial charge in [0.05, 0.1) is 18.4 Å². The molecule has 1 aromatic heterocycles. The van der Waals surface area contributed by atoms with E-state index in [2.05, 4.69) is 10.4 Å². The van der Waals surface area contributed by atoms with E-state index in [1.54, 1.807) is 0 Å². The number of piperidine rings is 1. The Hall–Kier alpha value is -1.74. The number of hydrogen-bond donors (Lipinski definition) is 1. The third-order valence-electron chi connectivity index (χ3n) is 6.47. The van der Waals surface area contributed by atoms with Crippen molar-refractivity contribution in [3.05, 3.63) is 11.8 Å². The third kappa shape index (κ3) is 4.94. The molecule has 1 aromatic rings. The zero-order valence-electron chi connectivity index (χ0n) is 17.6. The van der Waals surface area contributed by atoms with Crippen LogP contribution in [0.15, 0.2) is 6.07 Å². The fourth-order valence-corrected chi connectivity index (χ4v) is 4.88. The van der Waals surface area contributed by atoms with Crippen molar-refractivity contribution in [3.63, 3.8) is 0 Å². The number of carbonyl (C=O) groups excluding carboxylic acids is 1. The van der Waals surface area contributed by atoms with Crippen LogP contribution in [0.5, 0.6) is 0 Å². The zero-order chi connectivity index (χ0) is 21.1. The quantitative estimate of drug-likeness (QED) is 0.757. The minimum atomic E-state index is -2.47. The Morgan fingerprint density at radius 3 is 3.00 bits per heavy atom. The maximum Gasteiger partial charge on any atom is 0.260 e. The number of carbonyl (C=O) groups is 1. The van der Waals surface area contributed by atoms with E-state index >= 15 is 0 Å². The van der Waals surface area contributed by atoms with Crippen molar-refractivity contribution < 1.29 is 23.0 Å². The summed E-state index contributed by atoms with van der Waals surface area (Å²) < 4.78 is 40.0. The van der Waals surface area contributed by atoms with E-state index < -0.39 is 12.5 Å². The van der Waals surface area contributed by atoms with Crippen molar-refractivity contribution >= 4 is 11.7 Å². The van der Waals surface area contributed by atoms with Gasteiger partial charge in [-0.3, -0.25) is 4.79 Å². The molecule has 0 aliphatic carbocycles. The number of halogens is 2. The molecule has 0 saturated carbocycles. The summed E-state index contributed by atoms with van der Waals surface area (Å²) >= 11 is 0. The van der Waals surface area contributed by atoms with Crippen LogP contribution in [-0.2, 0) is 14.3 Å². The first-order valence-corrected chi connectivity index (χ1v) is 11.1. The lowest BCUT2D eigenvalue weighted by Crippen LogP contribution is -2.49. The number of aromatic nitrogens is 2. The Morgan fingerprint density at radius 2 is 2.23 bits per heavy atom. The van der Waals surface area contributed by atoms with Gasteiger partial charge < -0.3 is 19.7 Å². The first-order valence-electron chi connectivity index (χ1n) is 11.1. The van der Waals surface area contributed by atoms with Crippen molar-refractivity contribution in [2.75, 3.05) is 38.2 Å². The van der Waals surface area contributed by atoms with Gasteiger partial charge in [-0.2, -0.15) is 5.10 Å².